The molecule has 0 aliphatic heterocycles. The van der Waals surface area contributed by atoms with Gasteiger partial charge in [0.25, 0.3) is 0 Å². The first-order chi connectivity index (χ1) is 6.83. The third-order valence-electron chi connectivity index (χ3n) is 1.88. The Labute approximate surface area is 88.7 Å². The van der Waals surface area contributed by atoms with Gasteiger partial charge in [-0.15, -0.1) is 11.3 Å². The summed E-state index contributed by atoms with van der Waals surface area (Å²) in [5, 5.41) is 14.8. The van der Waals surface area contributed by atoms with Gasteiger partial charge >= 0.3 is 0 Å². The Morgan fingerprint density at radius 2 is 2.50 bits per heavy atom. The predicted molar refractivity (Wildman–Crippen MR) is 58.8 cm³/mol. The van der Waals surface area contributed by atoms with Gasteiger partial charge in [-0.1, -0.05) is 6.07 Å². The second kappa shape index (κ2) is 6.95. The average Bonchev–Trinajstić information content (AvgIpc) is 2.65. The van der Waals surface area contributed by atoms with Crippen molar-refractivity contribution in [3.8, 4) is 0 Å². The van der Waals surface area contributed by atoms with E-state index in [4.69, 9.17) is 4.74 Å². The topological polar surface area (TPSA) is 41.5 Å². The fraction of sp³-hybridized carbons (Fsp3) is 0.600. The maximum atomic E-state index is 9.62. The van der Waals surface area contributed by atoms with E-state index in [1.165, 1.54) is 4.88 Å². The Balaban J connectivity index is 2.07. The number of thiophene rings is 1. The predicted octanol–water partition coefficient (Wildman–Crippen LogP) is 0.887. The van der Waals surface area contributed by atoms with Crippen molar-refractivity contribution in [2.75, 3.05) is 26.8 Å². The van der Waals surface area contributed by atoms with Crippen molar-refractivity contribution in [3.63, 3.8) is 0 Å². The zero-order valence-corrected chi connectivity index (χ0v) is 9.22. The number of hydrogen-bond acceptors (Lipinski definition) is 4. The maximum absolute atomic E-state index is 9.62. The molecule has 1 aromatic heterocycles. The summed E-state index contributed by atoms with van der Waals surface area (Å²) in [7, 11) is 1.67. The van der Waals surface area contributed by atoms with Gasteiger partial charge < -0.3 is 15.2 Å². The molecular formula is C10H17NO2S. The summed E-state index contributed by atoms with van der Waals surface area (Å²) in [6.07, 6.45) is 0.433. The van der Waals surface area contributed by atoms with Crippen molar-refractivity contribution in [2.45, 2.75) is 12.5 Å². The Bertz CT molecular complexity index is 226. The first-order valence-electron chi connectivity index (χ1n) is 4.73. The minimum atomic E-state index is -0.300. The van der Waals surface area contributed by atoms with Crippen molar-refractivity contribution in [2.24, 2.45) is 0 Å². The lowest BCUT2D eigenvalue weighted by Crippen LogP contribution is -2.30. The van der Waals surface area contributed by atoms with Crippen LogP contribution in [0.1, 0.15) is 4.88 Å². The van der Waals surface area contributed by atoms with Crippen LogP contribution in [0, 0.1) is 0 Å². The van der Waals surface area contributed by atoms with Gasteiger partial charge in [0.15, 0.2) is 0 Å². The number of methoxy groups -OCH3 is 1. The summed E-state index contributed by atoms with van der Waals surface area (Å²) in [5.74, 6) is 0. The Morgan fingerprint density at radius 1 is 1.64 bits per heavy atom. The van der Waals surface area contributed by atoms with Crippen molar-refractivity contribution in [3.05, 3.63) is 22.4 Å². The van der Waals surface area contributed by atoms with Crippen molar-refractivity contribution >= 4 is 11.3 Å². The third kappa shape index (κ3) is 4.72. The van der Waals surface area contributed by atoms with Gasteiger partial charge in [0.05, 0.1) is 12.7 Å². The maximum Gasteiger partial charge on any atom is 0.0712 e. The minimum Gasteiger partial charge on any atom is -0.391 e. The van der Waals surface area contributed by atoms with Crippen LogP contribution >= 0.6 is 11.3 Å². The number of aliphatic hydroxyl groups excluding tert-OH is 1. The summed E-state index contributed by atoms with van der Waals surface area (Å²) < 4.78 is 4.89. The molecule has 14 heavy (non-hydrogen) atoms. The van der Waals surface area contributed by atoms with E-state index in [2.05, 4.69) is 5.32 Å². The third-order valence-corrected chi connectivity index (χ3v) is 2.78. The van der Waals surface area contributed by atoms with Crippen molar-refractivity contribution in [1.29, 1.82) is 0 Å². The van der Waals surface area contributed by atoms with Gasteiger partial charge in [-0.25, -0.2) is 0 Å². The lowest BCUT2D eigenvalue weighted by molar-refractivity contribution is 0.160. The molecule has 1 unspecified atom stereocenters. The van der Waals surface area contributed by atoms with Gasteiger partial charge in [-0.3, -0.25) is 0 Å². The molecule has 3 nitrogen and oxygen atoms in total. The monoisotopic (exact) mass is 215 g/mol. The standard InChI is InChI=1S/C10H17NO2S/c1-13-5-4-11-8-9(12)7-10-3-2-6-14-10/h2-3,6,9,11-12H,4-5,7-8H2,1H3. The highest BCUT2D eigenvalue weighted by Gasteiger charge is 2.05. The lowest BCUT2D eigenvalue weighted by Gasteiger charge is -2.10. The molecule has 0 amide bonds. The van der Waals surface area contributed by atoms with Crippen LogP contribution in [-0.4, -0.2) is 38.0 Å². The van der Waals surface area contributed by atoms with Crippen LogP contribution in [0.2, 0.25) is 0 Å². The van der Waals surface area contributed by atoms with Crippen LogP contribution in [0.4, 0.5) is 0 Å². The highest BCUT2D eigenvalue weighted by molar-refractivity contribution is 7.09. The van der Waals surface area contributed by atoms with Gasteiger partial charge in [-0.2, -0.15) is 0 Å². The molecule has 0 radical (unpaired) electrons. The molecule has 0 aliphatic rings. The lowest BCUT2D eigenvalue weighted by atomic mass is 10.2. The zero-order valence-electron chi connectivity index (χ0n) is 8.40. The quantitative estimate of drug-likeness (QED) is 0.664. The number of aliphatic hydroxyl groups is 1. The minimum absolute atomic E-state index is 0.300. The number of nitrogens with one attached hydrogen (secondary N) is 1. The second-order valence-electron chi connectivity index (χ2n) is 3.13. The van der Waals surface area contributed by atoms with Gasteiger partial charge in [0, 0.05) is 31.5 Å². The van der Waals surface area contributed by atoms with Gasteiger partial charge in [0.1, 0.15) is 0 Å². The fourth-order valence-corrected chi connectivity index (χ4v) is 1.95. The molecule has 2 N–H and O–H groups in total. The molecule has 4 heteroatoms. The van der Waals surface area contributed by atoms with Crippen molar-refractivity contribution < 1.29 is 9.84 Å². The van der Waals surface area contributed by atoms with E-state index in [-0.39, 0.29) is 6.10 Å². The summed E-state index contributed by atoms with van der Waals surface area (Å²) in [5.41, 5.74) is 0. The Morgan fingerprint density at radius 3 is 3.14 bits per heavy atom. The first-order valence-corrected chi connectivity index (χ1v) is 5.61. The van der Waals surface area contributed by atoms with E-state index in [0.717, 1.165) is 13.0 Å². The number of rotatable bonds is 7. The van der Waals surface area contributed by atoms with Crippen LogP contribution < -0.4 is 5.32 Å². The molecule has 80 valence electrons. The molecule has 0 fully saturated rings. The van der Waals surface area contributed by atoms with Crippen LogP contribution in [-0.2, 0) is 11.2 Å². The SMILES string of the molecule is COCCNCC(O)Cc1cccs1. The van der Waals surface area contributed by atoms with Crippen molar-refractivity contribution in [1.82, 2.24) is 5.32 Å². The molecule has 0 saturated heterocycles. The molecule has 0 spiro atoms. The molecule has 0 aromatic carbocycles. The van der Waals surface area contributed by atoms with E-state index in [0.29, 0.717) is 13.2 Å². The van der Waals surface area contributed by atoms with Crippen LogP contribution in [0.3, 0.4) is 0 Å². The highest BCUT2D eigenvalue weighted by atomic mass is 32.1. The van der Waals surface area contributed by atoms with Crippen LogP contribution in [0.25, 0.3) is 0 Å². The summed E-state index contributed by atoms with van der Waals surface area (Å²) >= 11 is 1.68. The number of hydrogen-bond donors (Lipinski definition) is 2. The number of ether oxygens (including phenoxy) is 1. The molecule has 0 bridgehead atoms. The highest BCUT2D eigenvalue weighted by Crippen LogP contribution is 2.10. The van der Waals surface area contributed by atoms with Gasteiger partial charge in [0.2, 0.25) is 0 Å². The fourth-order valence-electron chi connectivity index (χ4n) is 1.18. The Kier molecular flexibility index (Phi) is 5.78. The summed E-state index contributed by atoms with van der Waals surface area (Å²) in [6.45, 7) is 2.10. The van der Waals surface area contributed by atoms with Crippen LogP contribution in [0.5, 0.6) is 0 Å². The molecule has 1 heterocycles. The smallest absolute Gasteiger partial charge is 0.0712 e. The molecule has 1 rings (SSSR count). The van der Waals surface area contributed by atoms with E-state index < -0.39 is 0 Å². The molecule has 0 aliphatic carbocycles. The van der Waals surface area contributed by atoms with Gasteiger partial charge in [-0.05, 0) is 11.4 Å². The van der Waals surface area contributed by atoms with E-state index >= 15 is 0 Å². The average molecular weight is 215 g/mol. The van der Waals surface area contributed by atoms with Crippen LogP contribution in [0.15, 0.2) is 17.5 Å². The normalized spacial score (nSPS) is 13.0. The summed E-state index contributed by atoms with van der Waals surface area (Å²) in [6, 6.07) is 4.05. The van der Waals surface area contributed by atoms with E-state index in [9.17, 15) is 5.11 Å². The summed E-state index contributed by atoms with van der Waals surface area (Å²) in [4.78, 5) is 1.23. The van der Waals surface area contributed by atoms with E-state index in [1.807, 2.05) is 17.5 Å². The first kappa shape index (κ1) is 11.7. The molecular weight excluding hydrogens is 198 g/mol. The largest absolute Gasteiger partial charge is 0.391 e. The molecule has 1 aromatic rings. The zero-order chi connectivity index (χ0) is 10.2. The molecule has 0 saturated carbocycles. The Hall–Kier alpha value is -0.420. The second-order valence-corrected chi connectivity index (χ2v) is 4.17. The molecule has 1 atom stereocenters. The van der Waals surface area contributed by atoms with E-state index in [1.54, 1.807) is 18.4 Å².